The summed E-state index contributed by atoms with van der Waals surface area (Å²) in [5.74, 6) is 0.721. The van der Waals surface area contributed by atoms with Crippen LogP contribution in [0.15, 0.2) is 24.0 Å². The van der Waals surface area contributed by atoms with E-state index < -0.39 is 0 Å². The SMILES string of the molecule is C1=CNCC2CCCNC2=C1. The second kappa shape index (κ2) is 2.99. The molecule has 1 unspecified atom stereocenters. The average molecular weight is 150 g/mol. The molecule has 2 N–H and O–H groups in total. The average Bonchev–Trinajstić information content (AvgIpc) is 2.28. The Morgan fingerprint density at radius 2 is 2.45 bits per heavy atom. The molecule has 2 heterocycles. The van der Waals surface area contributed by atoms with Gasteiger partial charge in [0.15, 0.2) is 0 Å². The zero-order valence-corrected chi connectivity index (χ0v) is 6.64. The largest absolute Gasteiger partial charge is 0.390 e. The van der Waals surface area contributed by atoms with Crippen LogP contribution in [0.4, 0.5) is 0 Å². The zero-order chi connectivity index (χ0) is 7.52. The molecule has 2 heteroatoms. The Labute approximate surface area is 67.4 Å². The summed E-state index contributed by atoms with van der Waals surface area (Å²) < 4.78 is 0. The van der Waals surface area contributed by atoms with Crippen LogP contribution in [0.3, 0.4) is 0 Å². The van der Waals surface area contributed by atoms with E-state index in [1.54, 1.807) is 0 Å². The lowest BCUT2D eigenvalue weighted by molar-refractivity contribution is 0.438. The van der Waals surface area contributed by atoms with Crippen molar-refractivity contribution in [3.8, 4) is 0 Å². The van der Waals surface area contributed by atoms with E-state index in [4.69, 9.17) is 0 Å². The number of hydrogen-bond donors (Lipinski definition) is 2. The third-order valence-electron chi connectivity index (χ3n) is 2.35. The van der Waals surface area contributed by atoms with E-state index in [1.807, 2.05) is 6.20 Å². The van der Waals surface area contributed by atoms with Crippen molar-refractivity contribution in [2.45, 2.75) is 12.8 Å². The van der Waals surface area contributed by atoms with Gasteiger partial charge < -0.3 is 10.6 Å². The van der Waals surface area contributed by atoms with Crippen molar-refractivity contribution in [3.05, 3.63) is 24.0 Å². The fraction of sp³-hybridized carbons (Fsp3) is 0.556. The van der Waals surface area contributed by atoms with Gasteiger partial charge in [0.2, 0.25) is 0 Å². The normalized spacial score (nSPS) is 29.1. The molecule has 2 aliphatic rings. The van der Waals surface area contributed by atoms with Crippen molar-refractivity contribution in [2.24, 2.45) is 5.92 Å². The van der Waals surface area contributed by atoms with Crippen LogP contribution in [-0.4, -0.2) is 13.1 Å². The molecule has 1 atom stereocenters. The minimum atomic E-state index is 0.721. The van der Waals surface area contributed by atoms with E-state index in [1.165, 1.54) is 18.5 Å². The highest BCUT2D eigenvalue weighted by atomic mass is 14.9. The molecule has 0 amide bonds. The zero-order valence-electron chi connectivity index (χ0n) is 6.64. The van der Waals surface area contributed by atoms with Gasteiger partial charge in [-0.3, -0.25) is 0 Å². The second-order valence-electron chi connectivity index (χ2n) is 3.16. The predicted molar refractivity (Wildman–Crippen MR) is 46.0 cm³/mol. The van der Waals surface area contributed by atoms with Crippen LogP contribution < -0.4 is 10.6 Å². The molecule has 2 aliphatic heterocycles. The topological polar surface area (TPSA) is 24.1 Å². The molecule has 0 aromatic heterocycles. The van der Waals surface area contributed by atoms with Crippen LogP contribution in [-0.2, 0) is 0 Å². The lowest BCUT2D eigenvalue weighted by Crippen LogP contribution is -2.31. The number of hydrogen-bond acceptors (Lipinski definition) is 2. The smallest absolute Gasteiger partial charge is 0.0224 e. The van der Waals surface area contributed by atoms with Crippen LogP contribution in [0.5, 0.6) is 0 Å². The Hall–Kier alpha value is -0.920. The van der Waals surface area contributed by atoms with Gasteiger partial charge in [-0.05, 0) is 31.2 Å². The van der Waals surface area contributed by atoms with Gasteiger partial charge in [-0.25, -0.2) is 0 Å². The molecule has 60 valence electrons. The first-order valence-corrected chi connectivity index (χ1v) is 4.31. The Balaban J connectivity index is 2.11. The third kappa shape index (κ3) is 1.39. The molecule has 1 saturated heterocycles. The highest BCUT2D eigenvalue weighted by Gasteiger charge is 2.17. The van der Waals surface area contributed by atoms with Gasteiger partial charge in [0.1, 0.15) is 0 Å². The maximum absolute atomic E-state index is 3.43. The first kappa shape index (κ1) is 6.77. The minimum Gasteiger partial charge on any atom is -0.390 e. The molecule has 0 aliphatic carbocycles. The van der Waals surface area contributed by atoms with E-state index >= 15 is 0 Å². The molecule has 0 saturated carbocycles. The van der Waals surface area contributed by atoms with E-state index in [0.717, 1.165) is 19.0 Å². The number of nitrogens with one attached hydrogen (secondary N) is 2. The summed E-state index contributed by atoms with van der Waals surface area (Å²) in [5, 5.41) is 6.70. The Morgan fingerprint density at radius 3 is 3.45 bits per heavy atom. The van der Waals surface area contributed by atoms with Crippen molar-refractivity contribution in [3.63, 3.8) is 0 Å². The number of fused-ring (bicyclic) bond motifs is 1. The van der Waals surface area contributed by atoms with E-state index in [2.05, 4.69) is 22.8 Å². The fourth-order valence-electron chi connectivity index (χ4n) is 1.72. The minimum absolute atomic E-state index is 0.721. The van der Waals surface area contributed by atoms with Gasteiger partial charge in [-0.15, -0.1) is 0 Å². The summed E-state index contributed by atoms with van der Waals surface area (Å²) in [6.45, 7) is 2.24. The van der Waals surface area contributed by atoms with Gasteiger partial charge in [-0.2, -0.15) is 0 Å². The Bertz CT molecular complexity index is 194. The molecule has 0 spiro atoms. The van der Waals surface area contributed by atoms with Crippen LogP contribution >= 0.6 is 0 Å². The lowest BCUT2D eigenvalue weighted by Gasteiger charge is -2.25. The van der Waals surface area contributed by atoms with Crippen LogP contribution in [0.2, 0.25) is 0 Å². The van der Waals surface area contributed by atoms with Gasteiger partial charge in [-0.1, -0.05) is 0 Å². The van der Waals surface area contributed by atoms with Gasteiger partial charge in [0.05, 0.1) is 0 Å². The van der Waals surface area contributed by atoms with Gasteiger partial charge in [0, 0.05) is 24.7 Å². The van der Waals surface area contributed by atoms with E-state index in [9.17, 15) is 0 Å². The fourth-order valence-corrected chi connectivity index (χ4v) is 1.72. The maximum Gasteiger partial charge on any atom is 0.0224 e. The molecule has 0 radical (unpaired) electrons. The first-order chi connectivity index (χ1) is 5.47. The Kier molecular flexibility index (Phi) is 1.84. The summed E-state index contributed by atoms with van der Waals surface area (Å²) in [5.41, 5.74) is 1.41. The molecule has 1 fully saturated rings. The summed E-state index contributed by atoms with van der Waals surface area (Å²) >= 11 is 0. The summed E-state index contributed by atoms with van der Waals surface area (Å²) in [4.78, 5) is 0. The van der Waals surface area contributed by atoms with Gasteiger partial charge in [0.25, 0.3) is 0 Å². The van der Waals surface area contributed by atoms with E-state index in [0.29, 0.717) is 0 Å². The highest BCUT2D eigenvalue weighted by Crippen LogP contribution is 2.19. The molecule has 0 aromatic carbocycles. The monoisotopic (exact) mass is 150 g/mol. The summed E-state index contributed by atoms with van der Waals surface area (Å²) in [7, 11) is 0. The first-order valence-electron chi connectivity index (χ1n) is 4.31. The van der Waals surface area contributed by atoms with Crippen molar-refractivity contribution in [2.75, 3.05) is 13.1 Å². The molecule has 0 bridgehead atoms. The second-order valence-corrected chi connectivity index (χ2v) is 3.16. The van der Waals surface area contributed by atoms with Gasteiger partial charge >= 0.3 is 0 Å². The summed E-state index contributed by atoms with van der Waals surface area (Å²) in [6.07, 6.45) is 8.92. The summed E-state index contributed by atoms with van der Waals surface area (Å²) in [6, 6.07) is 0. The van der Waals surface area contributed by atoms with Crippen molar-refractivity contribution in [1.29, 1.82) is 0 Å². The highest BCUT2D eigenvalue weighted by molar-refractivity contribution is 5.17. The molecule has 0 aromatic rings. The molecule has 2 nitrogen and oxygen atoms in total. The number of allylic oxidation sites excluding steroid dienone is 2. The molecular formula is C9H14N2. The van der Waals surface area contributed by atoms with Crippen molar-refractivity contribution >= 4 is 0 Å². The predicted octanol–water partition coefficient (Wildman–Crippen LogP) is 0.987. The third-order valence-corrected chi connectivity index (χ3v) is 2.35. The van der Waals surface area contributed by atoms with Crippen LogP contribution in [0, 0.1) is 5.92 Å². The van der Waals surface area contributed by atoms with Crippen molar-refractivity contribution in [1.82, 2.24) is 10.6 Å². The lowest BCUT2D eigenvalue weighted by atomic mass is 9.95. The number of rotatable bonds is 0. The van der Waals surface area contributed by atoms with Crippen molar-refractivity contribution < 1.29 is 0 Å². The van der Waals surface area contributed by atoms with Crippen LogP contribution in [0.25, 0.3) is 0 Å². The molecular weight excluding hydrogens is 136 g/mol. The van der Waals surface area contributed by atoms with Crippen LogP contribution in [0.1, 0.15) is 12.8 Å². The standard InChI is InChI=1S/C9H14N2/c1-3-8-7-10-5-2-4-9(8)11-6-1/h2,4-5,8,10-11H,1,3,6-7H2. The van der Waals surface area contributed by atoms with E-state index in [-0.39, 0.29) is 0 Å². The molecule has 11 heavy (non-hydrogen) atoms. The Morgan fingerprint density at radius 1 is 1.45 bits per heavy atom. The maximum atomic E-state index is 3.43. The number of piperidine rings is 1. The molecule has 2 rings (SSSR count). The quantitative estimate of drug-likeness (QED) is 0.538.